The van der Waals surface area contributed by atoms with Crippen LogP contribution in [0.3, 0.4) is 0 Å². The number of benzene rings is 5. The number of primary amides is 1. The molecule has 35 nitrogen and oxygen atoms in total. The van der Waals surface area contributed by atoms with Crippen molar-refractivity contribution < 1.29 is 86.9 Å². The third-order valence-corrected chi connectivity index (χ3v) is 24.5. The van der Waals surface area contributed by atoms with Crippen molar-refractivity contribution in [2.24, 2.45) is 23.3 Å². The summed E-state index contributed by atoms with van der Waals surface area (Å²) in [7, 11) is 4.13. The van der Waals surface area contributed by atoms with Gasteiger partial charge in [0.1, 0.15) is 84.3 Å². The summed E-state index contributed by atoms with van der Waals surface area (Å²) >= 11 is 0.845. The number of para-hydroxylation sites is 1. The lowest BCUT2D eigenvalue weighted by Crippen LogP contribution is -2.62. The lowest BCUT2D eigenvalue weighted by molar-refractivity contribution is -0.152. The van der Waals surface area contributed by atoms with E-state index in [1.807, 2.05) is 6.92 Å². The highest BCUT2D eigenvalue weighted by molar-refractivity contribution is 8.00. The third-order valence-electron chi connectivity index (χ3n) is 23.5. The van der Waals surface area contributed by atoms with Gasteiger partial charge >= 0.3 is 5.97 Å². The first-order valence-corrected chi connectivity index (χ1v) is 45.1. The monoisotopic (exact) mass is 1800 g/mol. The maximum Gasteiger partial charge on any atom is 0.305 e. The Labute approximate surface area is 755 Å². The van der Waals surface area contributed by atoms with Gasteiger partial charge in [-0.1, -0.05) is 169 Å². The van der Waals surface area contributed by atoms with Crippen LogP contribution < -0.4 is 59.3 Å². The summed E-state index contributed by atoms with van der Waals surface area (Å²) in [6.45, 7) is 7.95. The topological polar surface area (TPSA) is 506 Å². The Balaban J connectivity index is 1.12. The zero-order valence-electron chi connectivity index (χ0n) is 74.3. The fourth-order valence-corrected chi connectivity index (χ4v) is 17.3. The molecule has 13 atom stereocenters. The third kappa shape index (κ3) is 28.4. The van der Waals surface area contributed by atoms with Gasteiger partial charge in [-0.3, -0.25) is 76.7 Å². The summed E-state index contributed by atoms with van der Waals surface area (Å²) in [5.74, 6) is -16.3. The molecule has 4 heterocycles. The number of phenols is 1. The summed E-state index contributed by atoms with van der Waals surface area (Å²) < 4.78 is 0. The second kappa shape index (κ2) is 48.4. The average molecular weight is 1800 g/mol. The van der Waals surface area contributed by atoms with Crippen molar-refractivity contribution in [1.29, 1.82) is 0 Å². The molecule has 9 rings (SSSR count). The molecule has 3 fully saturated rings. The van der Waals surface area contributed by atoms with Gasteiger partial charge in [0.05, 0.1) is 18.7 Å². The first-order chi connectivity index (χ1) is 61.6. The number of amides is 15. The van der Waals surface area contributed by atoms with Crippen LogP contribution in [0.2, 0.25) is 0 Å². The Kier molecular flexibility index (Phi) is 37.6. The van der Waals surface area contributed by atoms with Crippen LogP contribution in [0.25, 0.3) is 10.9 Å². The first-order valence-electron chi connectivity index (χ1n) is 44.0. The van der Waals surface area contributed by atoms with Gasteiger partial charge < -0.3 is 99.0 Å². The Morgan fingerprint density at radius 2 is 0.992 bits per heavy atom. The molecule has 3 saturated heterocycles. The van der Waals surface area contributed by atoms with Gasteiger partial charge in [-0.25, -0.2) is 0 Å². The van der Waals surface area contributed by atoms with Gasteiger partial charge in [0.25, 0.3) is 0 Å². The second-order valence-corrected chi connectivity index (χ2v) is 35.0. The number of carboxylic acid groups (broad SMARTS) is 1. The summed E-state index contributed by atoms with van der Waals surface area (Å²) in [4.78, 5) is 247. The number of nitrogens with two attached hydrogens (primary N) is 2. The molecule has 1 unspecified atom stereocenters. The van der Waals surface area contributed by atoms with E-state index in [0.29, 0.717) is 51.6 Å². The number of thioether (sulfide) groups is 1. The number of fused-ring (bicyclic) bond motifs is 3. The van der Waals surface area contributed by atoms with E-state index in [-0.39, 0.29) is 121 Å². The van der Waals surface area contributed by atoms with E-state index in [4.69, 9.17) is 11.5 Å². The van der Waals surface area contributed by atoms with Crippen molar-refractivity contribution in [1.82, 2.24) is 77.3 Å². The average Bonchev–Trinajstić information content (AvgIpc) is 1.67. The molecule has 16 N–H and O–H groups in total. The highest BCUT2D eigenvalue weighted by atomic mass is 32.2. The van der Waals surface area contributed by atoms with E-state index < -0.39 is 198 Å². The Morgan fingerprint density at radius 3 is 1.57 bits per heavy atom. The number of aromatic amines is 1. The molecule has 3 aliphatic heterocycles. The number of carboxylic acids is 1. The molecule has 5 aromatic carbocycles. The number of aromatic hydroxyl groups is 1. The van der Waals surface area contributed by atoms with E-state index in [9.17, 15) is 39.0 Å². The molecule has 15 amide bonds. The van der Waals surface area contributed by atoms with Crippen LogP contribution in [0.15, 0.2) is 146 Å². The molecule has 0 spiro atoms. The van der Waals surface area contributed by atoms with Crippen LogP contribution in [0.1, 0.15) is 133 Å². The van der Waals surface area contributed by atoms with Gasteiger partial charge in [-0.05, 0) is 116 Å². The largest absolute Gasteiger partial charge is 0.508 e. The molecule has 129 heavy (non-hydrogen) atoms. The number of H-pyrrole nitrogens is 1. The lowest BCUT2D eigenvalue weighted by atomic mass is 9.98. The molecule has 694 valence electrons. The van der Waals surface area contributed by atoms with Gasteiger partial charge in [0.15, 0.2) is 0 Å². The van der Waals surface area contributed by atoms with E-state index >= 15 is 47.9 Å². The predicted molar refractivity (Wildman–Crippen MR) is 483 cm³/mol. The Bertz CT molecular complexity index is 4910. The molecule has 36 heteroatoms. The van der Waals surface area contributed by atoms with Crippen LogP contribution in [-0.4, -0.2) is 272 Å². The molecule has 0 radical (unpaired) electrons. The minimum absolute atomic E-state index is 0.00515. The van der Waals surface area contributed by atoms with Gasteiger partial charge in [0, 0.05) is 89.2 Å². The van der Waals surface area contributed by atoms with Gasteiger partial charge in [-0.2, -0.15) is 0 Å². The number of aliphatic carboxylic acids is 1. The Morgan fingerprint density at radius 1 is 0.496 bits per heavy atom. The summed E-state index contributed by atoms with van der Waals surface area (Å²) in [6, 6.07) is 20.0. The summed E-state index contributed by atoms with van der Waals surface area (Å²) in [5, 5.41) is 46.0. The van der Waals surface area contributed by atoms with E-state index in [1.54, 1.807) is 149 Å². The maximum atomic E-state index is 15.7. The quantitative estimate of drug-likeness (QED) is 0.0413. The summed E-state index contributed by atoms with van der Waals surface area (Å²) in [5.41, 5.74) is 15.0. The summed E-state index contributed by atoms with van der Waals surface area (Å²) in [6.07, 6.45) is 1.45. The Hall–Kier alpha value is -12.7. The number of hydrogen-bond donors (Lipinski definition) is 14. The molecule has 1 aromatic heterocycles. The SMILES string of the molecule is CCCC[C@H]1C(=O)N2CCC[C@@H]2C(=O)N[C@@H](CC(=O)O)C(=O)N[C@@H](C(C)C)C(=O)N(C)C(Cc2ccccc2)C(=O)N[C@@H](CCCN)C(=O)N2CCC[C@@H]2C(=O)N[C@@H](Cc2c[nH]c3ccccc23)C(=O)N[C@@H](Cc2ccc(O)cc2)C(=O)N[C@@H](CC(C)C)C(=O)N[C@H](C(=O)NCC(N)=O)CSCC(=O)N[C@@H](Cc2ccccc2)C(=O)N(C)[C@@H](Cc2ccccc2)C(=O)N1C. The molecular formula is C93H123N17O18S. The number of unbranched alkanes of at least 4 members (excludes halogenated alkanes) is 1. The number of hydrogen-bond acceptors (Lipinski definition) is 19. The lowest BCUT2D eigenvalue weighted by Gasteiger charge is -2.38. The van der Waals surface area contributed by atoms with E-state index in [1.165, 1.54) is 65.0 Å². The van der Waals surface area contributed by atoms with Crippen molar-refractivity contribution in [2.45, 2.75) is 216 Å². The zero-order valence-corrected chi connectivity index (χ0v) is 75.1. The van der Waals surface area contributed by atoms with Crippen molar-refractivity contribution >= 4 is 117 Å². The predicted octanol–water partition coefficient (Wildman–Crippen LogP) is 2.18. The normalized spacial score (nSPS) is 23.9. The number of phenolic OH excluding ortho intramolecular Hbond substituents is 1. The van der Waals surface area contributed by atoms with Crippen LogP contribution in [0, 0.1) is 11.8 Å². The maximum absolute atomic E-state index is 15.7. The number of likely N-dealkylation sites (N-methyl/N-ethyl adjacent to an activating group) is 3. The fourth-order valence-electron chi connectivity index (χ4n) is 16.4. The first kappa shape index (κ1) is 100. The number of carbonyl (C=O) groups is 16. The van der Waals surface area contributed by atoms with E-state index in [2.05, 4.69) is 52.8 Å². The minimum Gasteiger partial charge on any atom is -0.508 e. The number of nitrogens with one attached hydrogen (secondary N) is 10. The molecule has 6 aromatic rings. The van der Waals surface area contributed by atoms with Crippen LogP contribution in [0.4, 0.5) is 0 Å². The second-order valence-electron chi connectivity index (χ2n) is 34.0. The van der Waals surface area contributed by atoms with Crippen LogP contribution >= 0.6 is 11.8 Å². The van der Waals surface area contributed by atoms with Crippen molar-refractivity contribution in [3.63, 3.8) is 0 Å². The molecule has 0 saturated carbocycles. The van der Waals surface area contributed by atoms with E-state index in [0.717, 1.165) is 16.7 Å². The highest BCUT2D eigenvalue weighted by Gasteiger charge is 2.46. The number of nitrogens with zero attached hydrogens (tertiary/aromatic N) is 5. The number of aromatic nitrogens is 1. The van der Waals surface area contributed by atoms with Gasteiger partial charge in [-0.15, -0.1) is 11.8 Å². The van der Waals surface area contributed by atoms with Crippen molar-refractivity contribution in [2.75, 3.05) is 58.8 Å². The standard InChI is InChI=1S/C93H123N17O18S/c1-9-10-34-74-92(127)110-43-24-36-73(110)87(122)103-69(50-79(114)115)85(120)105-80(56(4)5)93(128)107(7)75(47-58-27-16-12-17-28-58)88(123)99-65(33-22-41-94)90(125)109-42-23-35-72(109)86(121)102-68(49-61-51-96-64-32-21-20-31-63(61)64)84(119)101-67(45-60-37-39-62(111)40-38-60)83(118)100-66(44-55(2)3)82(117)104-71(81(116)97-52-77(95)112)53-129-54-78(113)98-70(46-57-25-14-11-15-26-57)89(124)108(8)76(91(126)106(74)6)48-59-29-18-13-19-30-59/h11-21,25-32,37-40,51,55-56,65-76,80,96,111H,9-10,22-24,33-36,41-50,52-54,94H2,1-8H3,(H2,95,112)(H,97,116)(H,98,113)(H,99,123)(H,100,118)(H,101,119)(H,102,121)(H,103,122)(H,104,117)(H,105,120)(H,114,115)/t65-,66-,67-,68-,69-,70-,71-,72+,73+,74-,75?,76-,80-/m0/s1. The van der Waals surface area contributed by atoms with Gasteiger partial charge in [0.2, 0.25) is 88.6 Å². The molecular weight excluding hydrogens is 1680 g/mol. The molecule has 0 bridgehead atoms. The van der Waals surface area contributed by atoms with Crippen LogP contribution in [-0.2, 0) is 109 Å². The van der Waals surface area contributed by atoms with Crippen molar-refractivity contribution in [3.8, 4) is 5.75 Å². The number of carbonyl (C=O) groups excluding carboxylic acids is 15. The smallest absolute Gasteiger partial charge is 0.305 e. The zero-order chi connectivity index (χ0) is 93.7. The number of rotatable bonds is 24. The highest BCUT2D eigenvalue weighted by Crippen LogP contribution is 2.28. The van der Waals surface area contributed by atoms with Crippen LogP contribution in [0.5, 0.6) is 5.75 Å². The minimum atomic E-state index is -1.87. The fraction of sp³-hybridized carbons (Fsp3) is 0.484. The molecule has 3 aliphatic rings. The van der Waals surface area contributed by atoms with Crippen molar-refractivity contribution in [3.05, 3.63) is 174 Å². The molecule has 0 aliphatic carbocycles.